The predicted molar refractivity (Wildman–Crippen MR) is 93.8 cm³/mol. The topological polar surface area (TPSA) is 20.0 Å². The molecule has 1 aliphatic heterocycles. The molecule has 0 saturated carbocycles. The third-order valence-electron chi connectivity index (χ3n) is 4.28. The number of rotatable bonds is 4. The summed E-state index contributed by atoms with van der Waals surface area (Å²) in [5.41, 5.74) is 4.26. The molecule has 0 spiro atoms. The van der Waals surface area contributed by atoms with Crippen molar-refractivity contribution >= 4 is 17.6 Å². The Morgan fingerprint density at radius 3 is 2.73 bits per heavy atom. The van der Waals surface area contributed by atoms with Crippen molar-refractivity contribution in [2.24, 2.45) is 5.10 Å². The lowest BCUT2D eigenvalue weighted by Gasteiger charge is -2.30. The largest absolute Gasteiger partial charge is 0.328 e. The summed E-state index contributed by atoms with van der Waals surface area (Å²) >= 11 is 1.74. The first kappa shape index (κ1) is 15.3. The van der Waals surface area contributed by atoms with Crippen LogP contribution in [0, 0.1) is 13.8 Å². The molecule has 1 N–H and O–H groups in total. The van der Waals surface area contributed by atoms with Crippen LogP contribution in [0.4, 0.5) is 0 Å². The molecule has 2 aromatic rings. The van der Waals surface area contributed by atoms with Crippen molar-refractivity contribution in [1.29, 1.82) is 0 Å². The van der Waals surface area contributed by atoms with Crippen LogP contribution in [0.3, 0.4) is 0 Å². The van der Waals surface area contributed by atoms with Gasteiger partial charge in [0, 0.05) is 10.4 Å². The van der Waals surface area contributed by atoms with E-state index in [-0.39, 0.29) is 0 Å². The molecule has 1 saturated heterocycles. The number of nitrogens with zero attached hydrogens (tertiary/aromatic N) is 2. The van der Waals surface area contributed by atoms with Gasteiger partial charge in [0.15, 0.2) is 0 Å². The van der Waals surface area contributed by atoms with E-state index in [1.807, 2.05) is 6.21 Å². The first-order chi connectivity index (χ1) is 10.7. The average Bonchev–Trinajstić information content (AvgIpc) is 3.03. The minimum absolute atomic E-state index is 1.04. The maximum Gasteiger partial charge on any atom is 0.103 e. The zero-order valence-electron chi connectivity index (χ0n) is 13.4. The van der Waals surface area contributed by atoms with Crippen LogP contribution in [0.15, 0.2) is 40.8 Å². The predicted octanol–water partition coefficient (Wildman–Crippen LogP) is 2.10. The molecule has 1 aromatic carbocycles. The first-order valence-electron chi connectivity index (χ1n) is 7.93. The van der Waals surface area contributed by atoms with E-state index in [1.165, 1.54) is 21.6 Å². The molecule has 1 aliphatic rings. The molecule has 116 valence electrons. The van der Waals surface area contributed by atoms with Gasteiger partial charge in [0.1, 0.15) is 6.54 Å². The van der Waals surface area contributed by atoms with Gasteiger partial charge < -0.3 is 4.90 Å². The van der Waals surface area contributed by atoms with Gasteiger partial charge in [-0.3, -0.25) is 5.01 Å². The van der Waals surface area contributed by atoms with Crippen molar-refractivity contribution in [1.82, 2.24) is 5.01 Å². The highest BCUT2D eigenvalue weighted by Gasteiger charge is 2.19. The molecule has 0 radical (unpaired) electrons. The van der Waals surface area contributed by atoms with E-state index in [1.54, 1.807) is 16.2 Å². The van der Waals surface area contributed by atoms with E-state index in [4.69, 9.17) is 0 Å². The molecule has 0 unspecified atom stereocenters. The fourth-order valence-corrected chi connectivity index (χ4v) is 3.50. The Hall–Kier alpha value is -1.65. The minimum atomic E-state index is 1.04. The summed E-state index contributed by atoms with van der Waals surface area (Å²) in [6, 6.07) is 11.0. The second-order valence-electron chi connectivity index (χ2n) is 6.07. The van der Waals surface area contributed by atoms with Crippen LogP contribution in [-0.4, -0.2) is 37.4 Å². The number of nitrogens with one attached hydrogen (secondary N) is 1. The fourth-order valence-electron chi connectivity index (χ4n) is 2.92. The SMILES string of the molecule is Cc1ccc(C[NH+]2CCN(/N=C/c3cccs3)CC2)c(C)c1. The molecule has 0 amide bonds. The highest BCUT2D eigenvalue weighted by Crippen LogP contribution is 2.09. The summed E-state index contributed by atoms with van der Waals surface area (Å²) in [5, 5.41) is 8.89. The Bertz CT molecular complexity index is 626. The second kappa shape index (κ2) is 7.07. The maximum atomic E-state index is 4.60. The van der Waals surface area contributed by atoms with E-state index in [0.717, 1.165) is 32.7 Å². The quantitative estimate of drug-likeness (QED) is 0.857. The van der Waals surface area contributed by atoms with Gasteiger partial charge in [-0.2, -0.15) is 5.10 Å². The van der Waals surface area contributed by atoms with Crippen LogP contribution in [0.25, 0.3) is 0 Å². The number of aryl methyl sites for hydroxylation is 2. The normalized spacial score (nSPS) is 16.5. The standard InChI is InChI=1S/C18H23N3S/c1-15-5-6-17(16(2)12-15)14-20-7-9-21(10-8-20)19-13-18-4-3-11-22-18/h3-6,11-13H,7-10,14H2,1-2H3/p+1/b19-13+. The number of hydrogen-bond donors (Lipinski definition) is 1. The van der Waals surface area contributed by atoms with Gasteiger partial charge in [-0.25, -0.2) is 0 Å². The highest BCUT2D eigenvalue weighted by molar-refractivity contribution is 7.11. The number of piperazine rings is 1. The smallest absolute Gasteiger partial charge is 0.103 e. The van der Waals surface area contributed by atoms with E-state index in [2.05, 4.69) is 59.7 Å². The molecule has 1 aromatic heterocycles. The molecule has 4 heteroatoms. The Morgan fingerprint density at radius 2 is 2.05 bits per heavy atom. The lowest BCUT2D eigenvalue weighted by atomic mass is 10.1. The maximum absolute atomic E-state index is 4.60. The number of quaternary nitrogens is 1. The van der Waals surface area contributed by atoms with Crippen LogP contribution >= 0.6 is 11.3 Å². The zero-order valence-corrected chi connectivity index (χ0v) is 14.2. The lowest BCUT2D eigenvalue weighted by Crippen LogP contribution is -3.13. The first-order valence-corrected chi connectivity index (χ1v) is 8.81. The van der Waals surface area contributed by atoms with Crippen molar-refractivity contribution in [2.45, 2.75) is 20.4 Å². The number of thiophene rings is 1. The monoisotopic (exact) mass is 314 g/mol. The van der Waals surface area contributed by atoms with Gasteiger partial charge in [-0.15, -0.1) is 11.3 Å². The van der Waals surface area contributed by atoms with Crippen LogP contribution in [0.2, 0.25) is 0 Å². The Balaban J connectivity index is 1.51. The minimum Gasteiger partial charge on any atom is -0.328 e. The van der Waals surface area contributed by atoms with Crippen LogP contribution in [0.5, 0.6) is 0 Å². The van der Waals surface area contributed by atoms with Gasteiger partial charge in [0.25, 0.3) is 0 Å². The summed E-state index contributed by atoms with van der Waals surface area (Å²) in [7, 11) is 0. The second-order valence-corrected chi connectivity index (χ2v) is 7.05. The molecule has 3 nitrogen and oxygen atoms in total. The molecule has 1 fully saturated rings. The Kier molecular flexibility index (Phi) is 4.90. The van der Waals surface area contributed by atoms with E-state index >= 15 is 0 Å². The fraction of sp³-hybridized carbons (Fsp3) is 0.389. The van der Waals surface area contributed by atoms with Crippen molar-refractivity contribution in [2.75, 3.05) is 26.2 Å². The number of hydrogen-bond acceptors (Lipinski definition) is 3. The molecule has 0 bridgehead atoms. The molecule has 0 atom stereocenters. The van der Waals surface area contributed by atoms with Gasteiger partial charge in [-0.05, 0) is 30.9 Å². The third-order valence-corrected chi connectivity index (χ3v) is 5.08. The summed E-state index contributed by atoms with van der Waals surface area (Å²) in [6.07, 6.45) is 1.99. The van der Waals surface area contributed by atoms with Crippen molar-refractivity contribution in [3.05, 3.63) is 57.3 Å². The van der Waals surface area contributed by atoms with Crippen molar-refractivity contribution in [3.63, 3.8) is 0 Å². The zero-order chi connectivity index (χ0) is 15.4. The number of hydrazone groups is 1. The van der Waals surface area contributed by atoms with E-state index < -0.39 is 0 Å². The van der Waals surface area contributed by atoms with Crippen LogP contribution in [-0.2, 0) is 6.54 Å². The Morgan fingerprint density at radius 1 is 1.23 bits per heavy atom. The molecular formula is C18H24N3S+. The summed E-state index contributed by atoms with van der Waals surface area (Å²) in [6.45, 7) is 9.93. The van der Waals surface area contributed by atoms with Gasteiger partial charge >= 0.3 is 0 Å². The summed E-state index contributed by atoms with van der Waals surface area (Å²) in [5.74, 6) is 0. The molecule has 2 heterocycles. The molecule has 3 rings (SSSR count). The van der Waals surface area contributed by atoms with Crippen molar-refractivity contribution < 1.29 is 4.90 Å². The van der Waals surface area contributed by atoms with Crippen LogP contribution < -0.4 is 4.90 Å². The van der Waals surface area contributed by atoms with E-state index in [0.29, 0.717) is 0 Å². The molecule has 0 aliphatic carbocycles. The summed E-state index contributed by atoms with van der Waals surface area (Å²) < 4.78 is 0. The van der Waals surface area contributed by atoms with Crippen molar-refractivity contribution in [3.8, 4) is 0 Å². The summed E-state index contributed by atoms with van der Waals surface area (Å²) in [4.78, 5) is 2.89. The Labute approximate surface area is 136 Å². The highest BCUT2D eigenvalue weighted by atomic mass is 32.1. The van der Waals surface area contributed by atoms with Crippen LogP contribution in [0.1, 0.15) is 21.6 Å². The van der Waals surface area contributed by atoms with Gasteiger partial charge in [0.2, 0.25) is 0 Å². The third kappa shape index (κ3) is 3.96. The number of benzene rings is 1. The lowest BCUT2D eigenvalue weighted by molar-refractivity contribution is -0.918. The van der Waals surface area contributed by atoms with E-state index in [9.17, 15) is 0 Å². The van der Waals surface area contributed by atoms with Gasteiger partial charge in [-0.1, -0.05) is 29.8 Å². The molecular weight excluding hydrogens is 290 g/mol. The molecule has 22 heavy (non-hydrogen) atoms. The average molecular weight is 314 g/mol. The van der Waals surface area contributed by atoms with Gasteiger partial charge in [0.05, 0.1) is 32.4 Å².